The zero-order chi connectivity index (χ0) is 26.4. The van der Waals surface area contributed by atoms with Crippen LogP contribution in [-0.2, 0) is 19.8 Å². The van der Waals surface area contributed by atoms with E-state index in [-0.39, 0.29) is 29.8 Å². The maximum absolute atomic E-state index is 14.8. The van der Waals surface area contributed by atoms with Gasteiger partial charge in [-0.15, -0.1) is 0 Å². The van der Waals surface area contributed by atoms with E-state index in [2.05, 4.69) is 21.0 Å². The topological polar surface area (TPSA) is 70.1 Å². The molecule has 3 heterocycles. The number of fused-ring (bicyclic) bond motifs is 1. The Morgan fingerprint density at radius 1 is 1.25 bits per heavy atom. The molecule has 0 bridgehead atoms. The first-order valence-corrected chi connectivity index (χ1v) is 11.8. The van der Waals surface area contributed by atoms with Gasteiger partial charge in [-0.05, 0) is 32.4 Å². The second kappa shape index (κ2) is 9.58. The summed E-state index contributed by atoms with van der Waals surface area (Å²) >= 11 is 0. The van der Waals surface area contributed by atoms with Crippen molar-refractivity contribution in [3.8, 4) is 6.07 Å². The zero-order valence-electron chi connectivity index (χ0n) is 20.6. The van der Waals surface area contributed by atoms with Crippen LogP contribution in [-0.4, -0.2) is 44.4 Å². The van der Waals surface area contributed by atoms with Gasteiger partial charge in [0.2, 0.25) is 0 Å². The highest BCUT2D eigenvalue weighted by Crippen LogP contribution is 2.36. The van der Waals surface area contributed by atoms with Gasteiger partial charge in [-0.1, -0.05) is 13.0 Å². The van der Waals surface area contributed by atoms with Crippen LogP contribution in [0.2, 0.25) is 0 Å². The van der Waals surface area contributed by atoms with Crippen molar-refractivity contribution in [2.75, 3.05) is 18.0 Å². The largest absolute Gasteiger partial charge is 0.416 e. The molecule has 0 radical (unpaired) electrons. The Hall–Kier alpha value is -3.39. The Kier molecular flexibility index (Phi) is 6.84. The van der Waals surface area contributed by atoms with E-state index in [1.54, 1.807) is 26.2 Å². The standard InChI is InChI=1S/C25H28F4N6O/c1-5-18-13-34(21-11-23(36)32(4)22-14-33(9-8-30)31-24(21)22)15(2)12-35(18)16(3)19-7-6-17(10-20(19)26)25(27,28)29/h6-7,10-11,14-16,18H,5,9,12-13H2,1-4H3/t15-,16+,18+/m0/s1. The molecule has 1 aliphatic rings. The van der Waals surface area contributed by atoms with E-state index < -0.39 is 23.6 Å². The van der Waals surface area contributed by atoms with E-state index in [9.17, 15) is 22.4 Å². The Bertz CT molecular complexity index is 1370. The lowest BCUT2D eigenvalue weighted by atomic mass is 9.97. The minimum atomic E-state index is -4.60. The summed E-state index contributed by atoms with van der Waals surface area (Å²) in [5.74, 6) is -0.876. The lowest BCUT2D eigenvalue weighted by molar-refractivity contribution is -0.137. The van der Waals surface area contributed by atoms with Crippen LogP contribution < -0.4 is 10.5 Å². The molecule has 4 rings (SSSR count). The second-order valence-corrected chi connectivity index (χ2v) is 9.32. The Morgan fingerprint density at radius 3 is 2.58 bits per heavy atom. The second-order valence-electron chi connectivity index (χ2n) is 9.32. The third-order valence-corrected chi connectivity index (χ3v) is 7.11. The Labute approximate surface area is 206 Å². The maximum Gasteiger partial charge on any atom is 0.416 e. The quantitative estimate of drug-likeness (QED) is 0.480. The summed E-state index contributed by atoms with van der Waals surface area (Å²) in [7, 11) is 1.66. The fourth-order valence-corrected chi connectivity index (χ4v) is 5.07. The minimum Gasteiger partial charge on any atom is -0.364 e. The van der Waals surface area contributed by atoms with Crippen LogP contribution in [0.15, 0.2) is 35.3 Å². The molecule has 0 unspecified atom stereocenters. The van der Waals surface area contributed by atoms with E-state index in [0.717, 1.165) is 6.07 Å². The summed E-state index contributed by atoms with van der Waals surface area (Å²) in [6.07, 6.45) is -2.21. The molecule has 1 aliphatic heterocycles. The van der Waals surface area contributed by atoms with E-state index >= 15 is 0 Å². The number of benzene rings is 1. The molecule has 7 nitrogen and oxygen atoms in total. The maximum atomic E-state index is 14.8. The van der Waals surface area contributed by atoms with Crippen molar-refractivity contribution in [2.24, 2.45) is 7.05 Å². The number of nitrogens with zero attached hydrogens (tertiary/aromatic N) is 6. The van der Waals surface area contributed by atoms with Gasteiger partial charge in [0.15, 0.2) is 0 Å². The predicted octanol–water partition coefficient (Wildman–Crippen LogP) is 4.47. The fraction of sp³-hybridized carbons (Fsp3) is 0.480. The van der Waals surface area contributed by atoms with Crippen molar-refractivity contribution in [3.63, 3.8) is 0 Å². The summed E-state index contributed by atoms with van der Waals surface area (Å²) < 4.78 is 56.8. The van der Waals surface area contributed by atoms with E-state index in [0.29, 0.717) is 42.3 Å². The van der Waals surface area contributed by atoms with Gasteiger partial charge in [0.05, 0.1) is 29.0 Å². The molecule has 36 heavy (non-hydrogen) atoms. The van der Waals surface area contributed by atoms with Crippen LogP contribution >= 0.6 is 0 Å². The first-order valence-electron chi connectivity index (χ1n) is 11.8. The number of pyridine rings is 1. The number of hydrogen-bond acceptors (Lipinski definition) is 5. The van der Waals surface area contributed by atoms with Gasteiger partial charge in [0.25, 0.3) is 5.56 Å². The highest BCUT2D eigenvalue weighted by molar-refractivity contribution is 5.88. The summed E-state index contributed by atoms with van der Waals surface area (Å²) in [5, 5.41) is 13.6. The predicted molar refractivity (Wildman–Crippen MR) is 128 cm³/mol. The van der Waals surface area contributed by atoms with Crippen LogP contribution in [0.5, 0.6) is 0 Å². The molecular formula is C25H28F4N6O. The molecule has 192 valence electrons. The molecule has 2 aromatic heterocycles. The van der Waals surface area contributed by atoms with E-state index in [1.165, 1.54) is 15.3 Å². The molecule has 3 atom stereocenters. The SMILES string of the molecule is CC[C@@H]1CN(c2cc(=O)n(C)c3cn(CC#N)nc23)[C@@H](C)CN1[C@H](C)c1ccc(C(F)(F)F)cc1F. The Balaban J connectivity index is 1.67. The Morgan fingerprint density at radius 2 is 1.97 bits per heavy atom. The van der Waals surface area contributed by atoms with Gasteiger partial charge < -0.3 is 9.47 Å². The van der Waals surface area contributed by atoms with Crippen molar-refractivity contribution in [1.29, 1.82) is 5.26 Å². The van der Waals surface area contributed by atoms with Crippen LogP contribution in [0.25, 0.3) is 11.0 Å². The zero-order valence-corrected chi connectivity index (χ0v) is 20.6. The van der Waals surface area contributed by atoms with Crippen molar-refractivity contribution in [2.45, 2.75) is 58.0 Å². The first-order chi connectivity index (χ1) is 17.0. The van der Waals surface area contributed by atoms with E-state index in [1.807, 2.05) is 13.8 Å². The minimum absolute atomic E-state index is 0.0433. The molecular weight excluding hydrogens is 476 g/mol. The van der Waals surface area contributed by atoms with Crippen molar-refractivity contribution < 1.29 is 17.6 Å². The average Bonchev–Trinajstić information content (AvgIpc) is 3.25. The summed E-state index contributed by atoms with van der Waals surface area (Å²) in [6.45, 7) is 6.89. The number of halogens is 4. The molecule has 11 heteroatoms. The number of alkyl halides is 3. The number of nitriles is 1. The fourth-order valence-electron chi connectivity index (χ4n) is 5.07. The third-order valence-electron chi connectivity index (χ3n) is 7.11. The van der Waals surface area contributed by atoms with Gasteiger partial charge in [0.1, 0.15) is 17.9 Å². The van der Waals surface area contributed by atoms with Crippen LogP contribution in [0.3, 0.4) is 0 Å². The van der Waals surface area contributed by atoms with Crippen molar-refractivity contribution in [3.05, 3.63) is 57.8 Å². The molecule has 0 aliphatic carbocycles. The average molecular weight is 505 g/mol. The number of aromatic nitrogens is 3. The van der Waals surface area contributed by atoms with Crippen molar-refractivity contribution in [1.82, 2.24) is 19.2 Å². The van der Waals surface area contributed by atoms with Crippen LogP contribution in [0.4, 0.5) is 23.2 Å². The van der Waals surface area contributed by atoms with Gasteiger partial charge in [-0.2, -0.15) is 23.5 Å². The number of anilines is 1. The molecule has 0 N–H and O–H groups in total. The molecule has 0 amide bonds. The first kappa shape index (κ1) is 25.7. The molecule has 1 saturated heterocycles. The number of piperazine rings is 1. The third kappa shape index (κ3) is 4.57. The van der Waals surface area contributed by atoms with Gasteiger partial charge in [-0.25, -0.2) is 4.39 Å². The van der Waals surface area contributed by atoms with Gasteiger partial charge in [0, 0.05) is 49.9 Å². The molecule has 3 aromatic rings. The smallest absolute Gasteiger partial charge is 0.364 e. The van der Waals surface area contributed by atoms with Crippen LogP contribution in [0.1, 0.15) is 44.4 Å². The number of rotatable bonds is 5. The molecule has 1 aromatic carbocycles. The van der Waals surface area contributed by atoms with Crippen LogP contribution in [0, 0.1) is 17.1 Å². The lowest BCUT2D eigenvalue weighted by Gasteiger charge is -2.48. The lowest BCUT2D eigenvalue weighted by Crippen LogP contribution is -2.58. The molecule has 0 saturated carbocycles. The van der Waals surface area contributed by atoms with Crippen molar-refractivity contribution >= 4 is 16.7 Å². The monoisotopic (exact) mass is 504 g/mol. The highest BCUT2D eigenvalue weighted by atomic mass is 19.4. The summed E-state index contributed by atoms with van der Waals surface area (Å²) in [6, 6.07) is 5.71. The highest BCUT2D eigenvalue weighted by Gasteiger charge is 2.37. The van der Waals surface area contributed by atoms with Gasteiger partial charge in [-0.3, -0.25) is 14.4 Å². The van der Waals surface area contributed by atoms with E-state index in [4.69, 9.17) is 5.26 Å². The summed E-state index contributed by atoms with van der Waals surface area (Å²) in [5.41, 5.74) is 0.917. The molecule has 1 fully saturated rings. The van der Waals surface area contributed by atoms with Gasteiger partial charge >= 0.3 is 6.18 Å². The normalized spacial score (nSPS) is 20.0. The number of hydrogen-bond donors (Lipinski definition) is 0. The molecule has 0 spiro atoms. The summed E-state index contributed by atoms with van der Waals surface area (Å²) in [4.78, 5) is 16.9. The number of aryl methyl sites for hydroxylation is 1.